The summed E-state index contributed by atoms with van der Waals surface area (Å²) in [7, 11) is 0. The van der Waals surface area contributed by atoms with Gasteiger partial charge in [0.25, 0.3) is 5.56 Å². The van der Waals surface area contributed by atoms with Crippen molar-refractivity contribution < 1.29 is 19.4 Å². The normalized spacial score (nSPS) is 15.4. The molecule has 1 unspecified atom stereocenters. The first-order chi connectivity index (χ1) is 19.4. The molecule has 10 nitrogen and oxygen atoms in total. The van der Waals surface area contributed by atoms with Crippen molar-refractivity contribution in [3.05, 3.63) is 56.7 Å². The number of aliphatic hydroxyl groups is 1. The number of carbonyl (C=O) groups is 1. The number of hydrogen-bond donors (Lipinski definition) is 1. The first-order valence-corrected chi connectivity index (χ1v) is 14.8. The predicted octanol–water partition coefficient (Wildman–Crippen LogP) is 3.86. The van der Waals surface area contributed by atoms with E-state index in [-0.39, 0.29) is 29.3 Å². The zero-order valence-corrected chi connectivity index (χ0v) is 25.8. The molecule has 0 bridgehead atoms. The zero-order valence-electron chi connectivity index (χ0n) is 25.8. The summed E-state index contributed by atoms with van der Waals surface area (Å²) in [5.41, 5.74) is -0.982. The van der Waals surface area contributed by atoms with E-state index in [1.807, 2.05) is 41.5 Å². The second-order valence-electron chi connectivity index (χ2n) is 11.9. The molecule has 41 heavy (non-hydrogen) atoms. The van der Waals surface area contributed by atoms with Crippen LogP contribution in [0, 0.1) is 0 Å². The largest absolute Gasteiger partial charge is 0.485 e. The fourth-order valence-electron chi connectivity index (χ4n) is 5.02. The van der Waals surface area contributed by atoms with Crippen LogP contribution in [0.25, 0.3) is 0 Å². The number of rotatable bonds is 13. The maximum absolute atomic E-state index is 13.1. The van der Waals surface area contributed by atoms with Gasteiger partial charge in [0.15, 0.2) is 0 Å². The van der Waals surface area contributed by atoms with Crippen LogP contribution in [0.1, 0.15) is 90.2 Å². The third-order valence-electron chi connectivity index (χ3n) is 7.56. The van der Waals surface area contributed by atoms with Gasteiger partial charge in [-0.05, 0) is 72.2 Å². The van der Waals surface area contributed by atoms with E-state index in [1.165, 1.54) is 4.57 Å². The highest BCUT2D eigenvalue weighted by molar-refractivity contribution is 5.89. The first kappa shape index (κ1) is 32.4. The Hall–Kier alpha value is -3.11. The number of hydrogen-bond acceptors (Lipinski definition) is 8. The van der Waals surface area contributed by atoms with Crippen LogP contribution in [-0.2, 0) is 4.74 Å². The molecule has 0 spiro atoms. The van der Waals surface area contributed by atoms with Gasteiger partial charge in [-0.3, -0.25) is 18.8 Å². The van der Waals surface area contributed by atoms with Crippen molar-refractivity contribution >= 4 is 11.8 Å². The average Bonchev–Trinajstić information content (AvgIpc) is 2.90. The maximum Gasteiger partial charge on any atom is 0.338 e. The van der Waals surface area contributed by atoms with Crippen LogP contribution in [-0.4, -0.2) is 76.1 Å². The molecule has 2 heterocycles. The van der Waals surface area contributed by atoms with Gasteiger partial charge in [0.1, 0.15) is 23.3 Å². The number of benzene rings is 1. The van der Waals surface area contributed by atoms with Crippen molar-refractivity contribution in [3.8, 4) is 5.75 Å². The molecular formula is C31H48N4O6. The maximum atomic E-state index is 13.1. The first-order valence-electron chi connectivity index (χ1n) is 14.8. The number of carbonyl (C=O) groups excluding carboxylic acids is 1. The Morgan fingerprint density at radius 2 is 1.56 bits per heavy atom. The molecule has 1 aromatic heterocycles. The molecular weight excluding hydrogens is 524 g/mol. The Morgan fingerprint density at radius 1 is 0.951 bits per heavy atom. The Morgan fingerprint density at radius 3 is 2.12 bits per heavy atom. The van der Waals surface area contributed by atoms with Gasteiger partial charge in [-0.25, -0.2) is 9.59 Å². The second kappa shape index (κ2) is 14.2. The van der Waals surface area contributed by atoms with Crippen LogP contribution in [0.15, 0.2) is 39.9 Å². The topological polar surface area (TPSA) is 106 Å². The lowest BCUT2D eigenvalue weighted by Gasteiger charge is -2.40. The number of anilines is 1. The van der Waals surface area contributed by atoms with E-state index in [0.29, 0.717) is 56.5 Å². The van der Waals surface area contributed by atoms with Gasteiger partial charge >= 0.3 is 11.7 Å². The summed E-state index contributed by atoms with van der Waals surface area (Å²) >= 11 is 0. The van der Waals surface area contributed by atoms with Crippen molar-refractivity contribution in [2.45, 2.75) is 91.5 Å². The van der Waals surface area contributed by atoms with Crippen LogP contribution < -0.4 is 20.9 Å². The summed E-state index contributed by atoms with van der Waals surface area (Å²) in [6, 6.07) is 8.05. The molecule has 0 aliphatic carbocycles. The SMILES string of the molecule is CCCCCOC(=O)c1ccc(OC(C)(C)C(O)CN2CCN(c3cc(=O)n(C(C)C)c(=O)n3C(C)C)CC2)cc1. The number of unbranched alkanes of at least 4 members (excludes halogenated alkanes) is 2. The highest BCUT2D eigenvalue weighted by Crippen LogP contribution is 2.24. The van der Waals surface area contributed by atoms with E-state index in [4.69, 9.17) is 9.47 Å². The number of piperazine rings is 1. The molecule has 228 valence electrons. The molecule has 0 radical (unpaired) electrons. The second-order valence-corrected chi connectivity index (χ2v) is 11.9. The van der Waals surface area contributed by atoms with Gasteiger partial charge in [-0.15, -0.1) is 0 Å². The van der Waals surface area contributed by atoms with Gasteiger partial charge in [0.05, 0.1) is 12.2 Å². The van der Waals surface area contributed by atoms with Gasteiger partial charge in [-0.2, -0.15) is 0 Å². The minimum atomic E-state index is -0.876. The molecule has 0 amide bonds. The summed E-state index contributed by atoms with van der Waals surface area (Å²) in [4.78, 5) is 42.4. The lowest BCUT2D eigenvalue weighted by molar-refractivity contribution is -0.0449. The molecule has 1 saturated heterocycles. The van der Waals surface area contributed by atoms with E-state index in [1.54, 1.807) is 34.9 Å². The number of aromatic nitrogens is 2. The van der Waals surface area contributed by atoms with E-state index < -0.39 is 11.7 Å². The molecule has 1 N–H and O–H groups in total. The number of esters is 1. The molecule has 10 heteroatoms. The van der Waals surface area contributed by atoms with Crippen molar-refractivity contribution in [1.82, 2.24) is 14.0 Å². The van der Waals surface area contributed by atoms with Crippen LogP contribution in [0.5, 0.6) is 5.75 Å². The molecule has 1 atom stereocenters. The summed E-state index contributed by atoms with van der Waals surface area (Å²) in [5, 5.41) is 11.1. The van der Waals surface area contributed by atoms with Crippen LogP contribution in [0.2, 0.25) is 0 Å². The molecule has 0 saturated carbocycles. The number of β-amino-alcohol motifs (C(OH)–C–C–N with tert-alkyl or cyclic N) is 1. The Kier molecular flexibility index (Phi) is 11.2. The predicted molar refractivity (Wildman–Crippen MR) is 161 cm³/mol. The highest BCUT2D eigenvalue weighted by atomic mass is 16.5. The Labute approximate surface area is 243 Å². The molecule has 1 aromatic carbocycles. The van der Waals surface area contributed by atoms with Crippen molar-refractivity contribution in [1.29, 1.82) is 0 Å². The summed E-state index contributed by atoms with van der Waals surface area (Å²) in [5.74, 6) is 0.853. The molecule has 3 rings (SSSR count). The van der Waals surface area contributed by atoms with E-state index in [9.17, 15) is 19.5 Å². The standard InChI is InChI=1S/C31H48N4O6/c1-8-9-10-19-40-29(38)24-11-13-25(14-12-24)41-31(6,7)26(36)21-32-15-17-33(18-16-32)27-20-28(37)35(23(4)5)30(39)34(27)22(2)3/h11-14,20,22-23,26,36H,8-10,15-19,21H2,1-7H3. The fourth-order valence-corrected chi connectivity index (χ4v) is 5.02. The van der Waals surface area contributed by atoms with Gasteiger partial charge in [0, 0.05) is 50.9 Å². The van der Waals surface area contributed by atoms with Gasteiger partial charge in [0.2, 0.25) is 0 Å². The van der Waals surface area contributed by atoms with Crippen LogP contribution in [0.3, 0.4) is 0 Å². The number of aliphatic hydroxyl groups excluding tert-OH is 1. The lowest BCUT2D eigenvalue weighted by Crippen LogP contribution is -2.54. The Balaban J connectivity index is 1.58. The number of ether oxygens (including phenoxy) is 2. The summed E-state index contributed by atoms with van der Waals surface area (Å²) in [6.45, 7) is 16.8. The summed E-state index contributed by atoms with van der Waals surface area (Å²) in [6.07, 6.45) is 2.18. The van der Waals surface area contributed by atoms with Crippen molar-refractivity contribution in [2.75, 3.05) is 44.2 Å². The quantitative estimate of drug-likeness (QED) is 0.285. The van der Waals surface area contributed by atoms with Crippen LogP contribution in [0.4, 0.5) is 5.82 Å². The monoisotopic (exact) mass is 572 g/mol. The lowest BCUT2D eigenvalue weighted by atomic mass is 10.0. The number of nitrogens with zero attached hydrogens (tertiary/aromatic N) is 4. The third kappa shape index (κ3) is 8.23. The molecule has 1 fully saturated rings. The van der Waals surface area contributed by atoms with Gasteiger partial charge in [-0.1, -0.05) is 19.8 Å². The molecule has 1 aliphatic heterocycles. The van der Waals surface area contributed by atoms with E-state index in [2.05, 4.69) is 16.7 Å². The van der Waals surface area contributed by atoms with Crippen LogP contribution >= 0.6 is 0 Å². The van der Waals surface area contributed by atoms with Crippen molar-refractivity contribution in [2.24, 2.45) is 0 Å². The minimum Gasteiger partial charge on any atom is -0.485 e. The smallest absolute Gasteiger partial charge is 0.338 e. The highest BCUT2D eigenvalue weighted by Gasteiger charge is 2.33. The van der Waals surface area contributed by atoms with Gasteiger partial charge < -0.3 is 19.5 Å². The van der Waals surface area contributed by atoms with E-state index in [0.717, 1.165) is 19.3 Å². The summed E-state index contributed by atoms with van der Waals surface area (Å²) < 4.78 is 14.4. The van der Waals surface area contributed by atoms with E-state index >= 15 is 0 Å². The fraction of sp³-hybridized carbons (Fsp3) is 0.645. The minimum absolute atomic E-state index is 0.0913. The third-order valence-corrected chi connectivity index (χ3v) is 7.56. The Bertz CT molecular complexity index is 1260. The molecule has 2 aromatic rings. The molecule has 1 aliphatic rings. The van der Waals surface area contributed by atoms with Crippen molar-refractivity contribution in [3.63, 3.8) is 0 Å². The average molecular weight is 573 g/mol. The zero-order chi connectivity index (χ0) is 30.3.